The Hall–Kier alpha value is -0.180. The van der Waals surface area contributed by atoms with Gasteiger partial charge in [0.15, 0.2) is 0 Å². The maximum absolute atomic E-state index is 12.0. The summed E-state index contributed by atoms with van der Waals surface area (Å²) in [6.07, 6.45) is -1.77. The highest BCUT2D eigenvalue weighted by Crippen LogP contribution is 1.86. The second-order valence-electron chi connectivity index (χ2n) is 2.22. The molecular weight excluding hydrogens is 124 g/mol. The van der Waals surface area contributed by atoms with Gasteiger partial charge in [0.25, 0.3) is 0 Å². The van der Waals surface area contributed by atoms with E-state index in [0.29, 0.717) is 0 Å². The minimum Gasteiger partial charge on any atom is -0.311 e. The number of hydrogen-bond donors (Lipinski definition) is 1. The van der Waals surface area contributed by atoms with Gasteiger partial charge in [-0.25, -0.2) is 8.78 Å². The Morgan fingerprint density at radius 3 is 1.67 bits per heavy atom. The Morgan fingerprint density at radius 1 is 1.11 bits per heavy atom. The zero-order valence-electron chi connectivity index (χ0n) is 5.82. The van der Waals surface area contributed by atoms with Crippen molar-refractivity contribution in [2.75, 3.05) is 13.1 Å². The molecule has 9 heavy (non-hydrogen) atoms. The summed E-state index contributed by atoms with van der Waals surface area (Å²) in [7, 11) is 0. The van der Waals surface area contributed by atoms with Gasteiger partial charge in [-0.2, -0.15) is 0 Å². The van der Waals surface area contributed by atoms with E-state index in [1.165, 1.54) is 13.8 Å². The molecule has 1 N–H and O–H groups in total. The van der Waals surface area contributed by atoms with Crippen LogP contribution in [0.1, 0.15) is 13.8 Å². The van der Waals surface area contributed by atoms with Gasteiger partial charge in [0, 0.05) is 13.1 Å². The van der Waals surface area contributed by atoms with Crippen molar-refractivity contribution in [3.8, 4) is 0 Å². The lowest BCUT2D eigenvalue weighted by molar-refractivity contribution is 0.306. The van der Waals surface area contributed by atoms with Gasteiger partial charge in [0.2, 0.25) is 0 Å². The van der Waals surface area contributed by atoms with Crippen molar-refractivity contribution in [2.24, 2.45) is 0 Å². The summed E-state index contributed by atoms with van der Waals surface area (Å²) in [5.41, 5.74) is 0. The first-order valence-corrected chi connectivity index (χ1v) is 3.11. The quantitative estimate of drug-likeness (QED) is 0.615. The Bertz CT molecular complexity index is 56.1. The predicted molar refractivity (Wildman–Crippen MR) is 34.0 cm³/mol. The van der Waals surface area contributed by atoms with Crippen molar-refractivity contribution in [3.05, 3.63) is 0 Å². The van der Waals surface area contributed by atoms with Crippen LogP contribution >= 0.6 is 0 Å². The second kappa shape index (κ2) is 4.68. The molecule has 0 aromatic carbocycles. The van der Waals surface area contributed by atoms with E-state index >= 15 is 0 Å². The van der Waals surface area contributed by atoms with E-state index in [9.17, 15) is 8.78 Å². The van der Waals surface area contributed by atoms with Crippen LogP contribution in [0.15, 0.2) is 0 Å². The lowest BCUT2D eigenvalue weighted by Gasteiger charge is -2.04. The van der Waals surface area contributed by atoms with Crippen molar-refractivity contribution in [1.82, 2.24) is 5.32 Å². The van der Waals surface area contributed by atoms with Crippen LogP contribution < -0.4 is 5.32 Å². The standard InChI is InChI=1S/C6H13F2N/c1-5(7)3-9-4-6(2)8/h5-6,9H,3-4H2,1-2H3. The molecule has 0 aromatic heterocycles. The van der Waals surface area contributed by atoms with Crippen LogP contribution in [-0.2, 0) is 0 Å². The lowest BCUT2D eigenvalue weighted by atomic mass is 10.4. The zero-order valence-corrected chi connectivity index (χ0v) is 5.82. The van der Waals surface area contributed by atoms with E-state index in [2.05, 4.69) is 5.32 Å². The fourth-order valence-corrected chi connectivity index (χ4v) is 0.481. The third-order valence-electron chi connectivity index (χ3n) is 0.851. The number of halogens is 2. The minimum atomic E-state index is -0.885. The van der Waals surface area contributed by atoms with Crippen molar-refractivity contribution in [2.45, 2.75) is 26.2 Å². The fraction of sp³-hybridized carbons (Fsp3) is 1.00. The molecule has 1 nitrogen and oxygen atoms in total. The van der Waals surface area contributed by atoms with Crippen LogP contribution in [0.3, 0.4) is 0 Å². The maximum Gasteiger partial charge on any atom is 0.110 e. The SMILES string of the molecule is CC(F)CNCC(C)F. The van der Waals surface area contributed by atoms with Crippen LogP contribution in [0.25, 0.3) is 0 Å². The van der Waals surface area contributed by atoms with E-state index in [1.807, 2.05) is 0 Å². The van der Waals surface area contributed by atoms with Crippen LogP contribution in [0, 0.1) is 0 Å². The first-order valence-electron chi connectivity index (χ1n) is 3.11. The first-order chi connectivity index (χ1) is 4.13. The summed E-state index contributed by atoms with van der Waals surface area (Å²) in [5.74, 6) is 0. The van der Waals surface area contributed by atoms with Gasteiger partial charge in [-0.1, -0.05) is 0 Å². The van der Waals surface area contributed by atoms with Crippen LogP contribution in [0.5, 0.6) is 0 Å². The number of hydrogen-bond acceptors (Lipinski definition) is 1. The zero-order chi connectivity index (χ0) is 7.28. The van der Waals surface area contributed by atoms with Gasteiger partial charge < -0.3 is 5.32 Å². The molecule has 0 aliphatic carbocycles. The minimum absolute atomic E-state index is 0.244. The molecule has 2 atom stereocenters. The van der Waals surface area contributed by atoms with Crippen LogP contribution in [0.2, 0.25) is 0 Å². The molecular formula is C6H13F2N. The molecule has 0 spiro atoms. The summed E-state index contributed by atoms with van der Waals surface area (Å²) in [4.78, 5) is 0. The van der Waals surface area contributed by atoms with E-state index in [0.717, 1.165) is 0 Å². The highest BCUT2D eigenvalue weighted by atomic mass is 19.1. The van der Waals surface area contributed by atoms with Gasteiger partial charge in [-0.3, -0.25) is 0 Å². The van der Waals surface area contributed by atoms with E-state index < -0.39 is 12.3 Å². The molecule has 0 saturated carbocycles. The molecule has 0 amide bonds. The van der Waals surface area contributed by atoms with Crippen molar-refractivity contribution in [3.63, 3.8) is 0 Å². The number of rotatable bonds is 4. The molecule has 0 radical (unpaired) electrons. The van der Waals surface area contributed by atoms with Crippen molar-refractivity contribution in [1.29, 1.82) is 0 Å². The molecule has 0 bridgehead atoms. The van der Waals surface area contributed by atoms with Crippen molar-refractivity contribution >= 4 is 0 Å². The summed E-state index contributed by atoms with van der Waals surface area (Å²) < 4.78 is 23.9. The second-order valence-corrected chi connectivity index (χ2v) is 2.22. The molecule has 0 saturated heterocycles. The van der Waals surface area contributed by atoms with E-state index in [1.54, 1.807) is 0 Å². The van der Waals surface area contributed by atoms with Gasteiger partial charge in [0.1, 0.15) is 12.3 Å². The third kappa shape index (κ3) is 7.82. The monoisotopic (exact) mass is 137 g/mol. The Labute approximate surface area is 54.4 Å². The Morgan fingerprint density at radius 2 is 1.44 bits per heavy atom. The smallest absolute Gasteiger partial charge is 0.110 e. The lowest BCUT2D eigenvalue weighted by Crippen LogP contribution is -2.27. The van der Waals surface area contributed by atoms with E-state index in [4.69, 9.17) is 0 Å². The summed E-state index contributed by atoms with van der Waals surface area (Å²) in [6, 6.07) is 0. The molecule has 0 rings (SSSR count). The molecule has 3 heteroatoms. The first kappa shape index (κ1) is 8.82. The van der Waals surface area contributed by atoms with Gasteiger partial charge in [-0.15, -0.1) is 0 Å². The van der Waals surface area contributed by atoms with E-state index in [-0.39, 0.29) is 13.1 Å². The normalized spacial score (nSPS) is 17.3. The Kier molecular flexibility index (Phi) is 4.58. The largest absolute Gasteiger partial charge is 0.311 e. The average Bonchev–Trinajstić information content (AvgIpc) is 1.63. The molecule has 0 heterocycles. The fourth-order valence-electron chi connectivity index (χ4n) is 0.481. The van der Waals surface area contributed by atoms with Crippen LogP contribution in [0.4, 0.5) is 8.78 Å². The summed E-state index contributed by atoms with van der Waals surface area (Å²) in [5, 5.41) is 2.63. The van der Waals surface area contributed by atoms with Gasteiger partial charge in [-0.05, 0) is 13.8 Å². The highest BCUT2D eigenvalue weighted by molar-refractivity contribution is 4.56. The molecule has 0 aliphatic heterocycles. The highest BCUT2D eigenvalue weighted by Gasteiger charge is 1.99. The molecule has 0 aromatic rings. The topological polar surface area (TPSA) is 12.0 Å². The number of alkyl halides is 2. The van der Waals surface area contributed by atoms with Crippen molar-refractivity contribution < 1.29 is 8.78 Å². The number of nitrogens with one attached hydrogen (secondary N) is 1. The molecule has 0 fully saturated rings. The molecule has 56 valence electrons. The summed E-state index contributed by atoms with van der Waals surface area (Å²) in [6.45, 7) is 3.37. The molecule has 0 aliphatic rings. The van der Waals surface area contributed by atoms with Gasteiger partial charge >= 0.3 is 0 Å². The molecule has 2 unspecified atom stereocenters. The Balaban J connectivity index is 2.91. The maximum atomic E-state index is 12.0. The van der Waals surface area contributed by atoms with Crippen LogP contribution in [-0.4, -0.2) is 25.4 Å². The van der Waals surface area contributed by atoms with Gasteiger partial charge in [0.05, 0.1) is 0 Å². The predicted octanol–water partition coefficient (Wildman–Crippen LogP) is 1.29. The average molecular weight is 137 g/mol. The third-order valence-corrected chi connectivity index (χ3v) is 0.851. The summed E-state index contributed by atoms with van der Waals surface area (Å²) >= 11 is 0.